The molecule has 0 spiro atoms. The van der Waals surface area contributed by atoms with Gasteiger partial charge >= 0.3 is 7.37 Å². The van der Waals surface area contributed by atoms with Gasteiger partial charge in [-0.1, -0.05) is 30.3 Å². The van der Waals surface area contributed by atoms with Crippen LogP contribution in [0.25, 0.3) is 0 Å². The summed E-state index contributed by atoms with van der Waals surface area (Å²) in [5.74, 6) is 0. The second-order valence-electron chi connectivity index (χ2n) is 5.64. The van der Waals surface area contributed by atoms with Crippen molar-refractivity contribution in [3.8, 4) is 0 Å². The van der Waals surface area contributed by atoms with Crippen LogP contribution in [0.15, 0.2) is 42.5 Å². The van der Waals surface area contributed by atoms with Gasteiger partial charge in [0.15, 0.2) is 0 Å². The molecule has 0 radical (unpaired) electrons. The Morgan fingerprint density at radius 2 is 1.68 bits per heavy atom. The Labute approximate surface area is 148 Å². The lowest BCUT2D eigenvalue weighted by Gasteiger charge is -2.19. The van der Waals surface area contributed by atoms with Crippen LogP contribution in [0.4, 0.5) is 0 Å². The Kier molecular flexibility index (Phi) is 6.68. The van der Waals surface area contributed by atoms with Crippen LogP contribution in [0, 0.1) is 13.8 Å². The van der Waals surface area contributed by atoms with E-state index >= 15 is 0 Å². The zero-order valence-corrected chi connectivity index (χ0v) is 15.8. The van der Waals surface area contributed by atoms with E-state index in [9.17, 15) is 9.36 Å². The van der Waals surface area contributed by atoms with Gasteiger partial charge in [0.05, 0.1) is 13.7 Å². The Morgan fingerprint density at radius 3 is 2.20 bits per heavy atom. The molecule has 0 aliphatic heterocycles. The second kappa shape index (κ2) is 8.54. The Hall–Kier alpha value is -1.78. The molecule has 2 rings (SSSR count). The highest BCUT2D eigenvalue weighted by atomic mass is 31.2. The fraction of sp³-hybridized carbons (Fsp3) is 0.316. The minimum Gasteiger partial charge on any atom is -0.320 e. The molecule has 0 fully saturated rings. The molecule has 2 aromatic carbocycles. The van der Waals surface area contributed by atoms with E-state index in [1.165, 1.54) is 7.11 Å². The molecule has 25 heavy (non-hydrogen) atoms. The van der Waals surface area contributed by atoms with Gasteiger partial charge in [-0.3, -0.25) is 9.36 Å². The number of rotatable bonds is 8. The van der Waals surface area contributed by atoms with E-state index in [0.29, 0.717) is 10.9 Å². The Bertz CT molecular complexity index is 763. The zero-order valence-electron chi connectivity index (χ0n) is 14.9. The summed E-state index contributed by atoms with van der Waals surface area (Å²) in [6.07, 6.45) is 0. The van der Waals surface area contributed by atoms with Gasteiger partial charge in [0.1, 0.15) is 6.61 Å². The predicted octanol–water partition coefficient (Wildman–Crippen LogP) is 4.16. The predicted molar refractivity (Wildman–Crippen MR) is 97.4 cm³/mol. The number of benzene rings is 2. The van der Waals surface area contributed by atoms with Crippen molar-refractivity contribution in [3.05, 3.63) is 64.7 Å². The molecule has 0 amide bonds. The van der Waals surface area contributed by atoms with Crippen LogP contribution in [-0.2, 0) is 25.5 Å². The maximum absolute atomic E-state index is 13.5. The molecule has 134 valence electrons. The SMILES string of the molecule is CCOP(=O)(C(=O)c1c(C)cc(COOC)cc1C)c1ccccc1. The second-order valence-corrected chi connectivity index (χ2v) is 7.93. The monoisotopic (exact) mass is 362 g/mol. The van der Waals surface area contributed by atoms with Crippen LogP contribution >= 0.6 is 7.37 Å². The number of hydrogen-bond donors (Lipinski definition) is 0. The lowest BCUT2D eigenvalue weighted by molar-refractivity contribution is -0.282. The summed E-state index contributed by atoms with van der Waals surface area (Å²) < 4.78 is 19.0. The molecular formula is C19H23O5P. The first-order chi connectivity index (χ1) is 11.9. The number of hydrogen-bond acceptors (Lipinski definition) is 5. The average molecular weight is 362 g/mol. The molecule has 0 aliphatic carbocycles. The highest BCUT2D eigenvalue weighted by Gasteiger charge is 2.37. The van der Waals surface area contributed by atoms with E-state index in [1.54, 1.807) is 31.2 Å². The van der Waals surface area contributed by atoms with Crippen LogP contribution < -0.4 is 5.30 Å². The van der Waals surface area contributed by atoms with Crippen molar-refractivity contribution in [2.75, 3.05) is 13.7 Å². The van der Waals surface area contributed by atoms with Crippen molar-refractivity contribution < 1.29 is 23.7 Å². The van der Waals surface area contributed by atoms with E-state index in [0.717, 1.165) is 16.7 Å². The van der Waals surface area contributed by atoms with Gasteiger partial charge in [-0.25, -0.2) is 9.78 Å². The van der Waals surface area contributed by atoms with Gasteiger partial charge in [0, 0.05) is 10.9 Å². The highest BCUT2D eigenvalue weighted by Crippen LogP contribution is 2.49. The molecule has 0 aromatic heterocycles. The first kappa shape index (κ1) is 19.5. The number of carbonyl (C=O) groups excluding carboxylic acids is 1. The first-order valence-corrected chi connectivity index (χ1v) is 9.67. The van der Waals surface area contributed by atoms with Gasteiger partial charge < -0.3 is 4.52 Å². The third-order valence-corrected chi connectivity index (χ3v) is 6.18. The van der Waals surface area contributed by atoms with Crippen LogP contribution in [0.1, 0.15) is 34.0 Å². The highest BCUT2D eigenvalue weighted by molar-refractivity contribution is 7.83. The first-order valence-electron chi connectivity index (χ1n) is 8.04. The molecule has 0 saturated heterocycles. The molecule has 2 aromatic rings. The third-order valence-electron chi connectivity index (χ3n) is 3.82. The smallest absolute Gasteiger partial charge is 0.300 e. The summed E-state index contributed by atoms with van der Waals surface area (Å²) in [6, 6.07) is 12.3. The summed E-state index contributed by atoms with van der Waals surface area (Å²) >= 11 is 0. The molecular weight excluding hydrogens is 339 g/mol. The van der Waals surface area contributed by atoms with Crippen molar-refractivity contribution in [2.45, 2.75) is 27.4 Å². The summed E-state index contributed by atoms with van der Waals surface area (Å²) in [6.45, 7) is 5.83. The quantitative estimate of drug-likeness (QED) is 0.401. The topological polar surface area (TPSA) is 61.8 Å². The van der Waals surface area contributed by atoms with Gasteiger partial charge in [0.2, 0.25) is 0 Å². The molecule has 0 saturated carbocycles. The zero-order chi connectivity index (χ0) is 18.4. The molecule has 5 nitrogen and oxygen atoms in total. The van der Waals surface area contributed by atoms with Crippen molar-refractivity contribution in [2.24, 2.45) is 0 Å². The summed E-state index contributed by atoms with van der Waals surface area (Å²) in [5.41, 5.74) is 2.29. The van der Waals surface area contributed by atoms with Crippen LogP contribution in [0.3, 0.4) is 0 Å². The Balaban J connectivity index is 2.49. The molecule has 1 atom stereocenters. The van der Waals surface area contributed by atoms with Gasteiger partial charge in [-0.05, 0) is 49.6 Å². The molecule has 1 unspecified atom stereocenters. The standard InChI is InChI=1S/C19H23O5P/c1-5-24-25(21,17-9-7-6-8-10-17)19(20)18-14(2)11-16(12-15(18)3)13-23-22-4/h6-12H,5,13H2,1-4H3. The third kappa shape index (κ3) is 4.25. The number of carbonyl (C=O) groups is 1. The van der Waals surface area contributed by atoms with E-state index in [1.807, 2.05) is 32.0 Å². The van der Waals surface area contributed by atoms with Gasteiger partial charge in [-0.15, -0.1) is 0 Å². The fourth-order valence-electron chi connectivity index (χ4n) is 2.80. The minimum absolute atomic E-state index is 0.190. The summed E-state index contributed by atoms with van der Waals surface area (Å²) in [5, 5.41) is 0.410. The fourth-order valence-corrected chi connectivity index (χ4v) is 4.88. The molecule has 0 aliphatic rings. The van der Waals surface area contributed by atoms with Crippen molar-refractivity contribution in [1.82, 2.24) is 0 Å². The van der Waals surface area contributed by atoms with Gasteiger partial charge in [0.25, 0.3) is 5.52 Å². The largest absolute Gasteiger partial charge is 0.320 e. The molecule has 0 heterocycles. The maximum atomic E-state index is 13.5. The lowest BCUT2D eigenvalue weighted by Crippen LogP contribution is -2.17. The van der Waals surface area contributed by atoms with Crippen molar-refractivity contribution in [3.63, 3.8) is 0 Å². The van der Waals surface area contributed by atoms with E-state index in [4.69, 9.17) is 9.41 Å². The van der Waals surface area contributed by atoms with E-state index < -0.39 is 12.9 Å². The Morgan fingerprint density at radius 1 is 1.08 bits per heavy atom. The maximum Gasteiger partial charge on any atom is 0.300 e. The van der Waals surface area contributed by atoms with E-state index in [2.05, 4.69) is 4.89 Å². The average Bonchev–Trinajstić information content (AvgIpc) is 2.60. The molecule has 0 N–H and O–H groups in total. The van der Waals surface area contributed by atoms with Gasteiger partial charge in [-0.2, -0.15) is 0 Å². The van der Waals surface area contributed by atoms with Crippen LogP contribution in [0.5, 0.6) is 0 Å². The van der Waals surface area contributed by atoms with Crippen LogP contribution in [-0.4, -0.2) is 19.2 Å². The van der Waals surface area contributed by atoms with Crippen molar-refractivity contribution >= 4 is 18.2 Å². The molecule has 6 heteroatoms. The van der Waals surface area contributed by atoms with Crippen molar-refractivity contribution in [1.29, 1.82) is 0 Å². The van der Waals surface area contributed by atoms with E-state index in [-0.39, 0.29) is 13.2 Å². The molecule has 0 bridgehead atoms. The summed E-state index contributed by atoms with van der Waals surface area (Å²) in [7, 11) is -2.23. The van der Waals surface area contributed by atoms with Crippen LogP contribution in [0.2, 0.25) is 0 Å². The normalized spacial score (nSPS) is 13.4. The summed E-state index contributed by atoms with van der Waals surface area (Å²) in [4.78, 5) is 22.7. The minimum atomic E-state index is -3.67. The lowest BCUT2D eigenvalue weighted by atomic mass is 10.0. The number of aryl methyl sites for hydroxylation is 2.